The van der Waals surface area contributed by atoms with Crippen LogP contribution in [0.25, 0.3) is 0 Å². The van der Waals surface area contributed by atoms with Gasteiger partial charge in [0.2, 0.25) is 0 Å². The van der Waals surface area contributed by atoms with Crippen LogP contribution in [0.15, 0.2) is 30.6 Å². The lowest BCUT2D eigenvalue weighted by atomic mass is 10.1. The third kappa shape index (κ3) is 6.49. The van der Waals surface area contributed by atoms with Crippen LogP contribution < -0.4 is 10.6 Å². The van der Waals surface area contributed by atoms with Crippen molar-refractivity contribution in [3.63, 3.8) is 0 Å². The van der Waals surface area contributed by atoms with E-state index >= 15 is 0 Å². The molecule has 0 saturated carbocycles. The summed E-state index contributed by atoms with van der Waals surface area (Å²) >= 11 is 12.0. The van der Waals surface area contributed by atoms with Crippen molar-refractivity contribution in [1.82, 2.24) is 20.2 Å². The van der Waals surface area contributed by atoms with Gasteiger partial charge in [-0.3, -0.25) is 4.79 Å². The summed E-state index contributed by atoms with van der Waals surface area (Å²) in [6.07, 6.45) is 3.73. The van der Waals surface area contributed by atoms with Crippen LogP contribution in [-0.4, -0.2) is 54.5 Å². The van der Waals surface area contributed by atoms with Gasteiger partial charge in [0, 0.05) is 29.7 Å². The lowest BCUT2D eigenvalue weighted by Gasteiger charge is -2.10. The Morgan fingerprint density at radius 3 is 2.60 bits per heavy atom. The molecule has 1 heterocycles. The third-order valence-corrected chi connectivity index (χ3v) is 4.03. The van der Waals surface area contributed by atoms with E-state index in [0.29, 0.717) is 34.6 Å². The molecule has 0 spiro atoms. The molecule has 0 aliphatic heterocycles. The number of rotatable bonds is 8. The molecular formula is C17H21Cl2N5O. The number of carbonyl (C=O) groups is 1. The molecule has 25 heavy (non-hydrogen) atoms. The first kappa shape index (κ1) is 19.4. The Kier molecular flexibility index (Phi) is 7.43. The second kappa shape index (κ2) is 9.56. The van der Waals surface area contributed by atoms with Crippen molar-refractivity contribution < 1.29 is 4.79 Å². The predicted octanol–water partition coefficient (Wildman–Crippen LogP) is 2.73. The van der Waals surface area contributed by atoms with E-state index < -0.39 is 0 Å². The molecule has 8 heteroatoms. The minimum atomic E-state index is -0.228. The zero-order valence-electron chi connectivity index (χ0n) is 14.2. The molecule has 1 aromatic heterocycles. The second-order valence-electron chi connectivity index (χ2n) is 5.76. The molecule has 2 rings (SSSR count). The fraction of sp³-hybridized carbons (Fsp3) is 0.353. The van der Waals surface area contributed by atoms with Crippen molar-refractivity contribution >= 4 is 34.9 Å². The molecular weight excluding hydrogens is 361 g/mol. The molecule has 0 bridgehead atoms. The Balaban J connectivity index is 1.80. The number of carbonyl (C=O) groups excluding carboxylic acids is 1. The van der Waals surface area contributed by atoms with E-state index in [4.69, 9.17) is 23.2 Å². The number of hydrogen-bond donors (Lipinski definition) is 2. The number of anilines is 1. The summed E-state index contributed by atoms with van der Waals surface area (Å²) in [6, 6.07) is 5.44. The van der Waals surface area contributed by atoms with Gasteiger partial charge in [0.1, 0.15) is 11.5 Å². The van der Waals surface area contributed by atoms with Crippen LogP contribution in [-0.2, 0) is 6.42 Å². The van der Waals surface area contributed by atoms with Crippen LogP contribution in [0.4, 0.5) is 5.82 Å². The molecule has 6 nitrogen and oxygen atoms in total. The average Bonchev–Trinajstić information content (AvgIpc) is 2.57. The van der Waals surface area contributed by atoms with Gasteiger partial charge >= 0.3 is 0 Å². The van der Waals surface area contributed by atoms with E-state index in [0.717, 1.165) is 18.5 Å². The zero-order valence-corrected chi connectivity index (χ0v) is 15.7. The van der Waals surface area contributed by atoms with E-state index in [9.17, 15) is 4.79 Å². The van der Waals surface area contributed by atoms with Crippen LogP contribution >= 0.6 is 23.2 Å². The van der Waals surface area contributed by atoms with Crippen LogP contribution in [0.3, 0.4) is 0 Å². The molecule has 0 atom stereocenters. The van der Waals surface area contributed by atoms with E-state index in [-0.39, 0.29) is 5.91 Å². The summed E-state index contributed by atoms with van der Waals surface area (Å²) in [7, 11) is 3.90. The van der Waals surface area contributed by atoms with Crippen molar-refractivity contribution in [3.8, 4) is 0 Å². The minimum absolute atomic E-state index is 0.228. The van der Waals surface area contributed by atoms with Gasteiger partial charge in [-0.1, -0.05) is 29.3 Å². The zero-order chi connectivity index (χ0) is 18.2. The molecule has 1 aromatic carbocycles. The summed E-state index contributed by atoms with van der Waals surface area (Å²) in [5.74, 6) is 0.378. The highest BCUT2D eigenvalue weighted by Gasteiger charge is 2.07. The van der Waals surface area contributed by atoms with Crippen molar-refractivity contribution in [1.29, 1.82) is 0 Å². The fourth-order valence-corrected chi connectivity index (χ4v) is 2.57. The van der Waals surface area contributed by atoms with Gasteiger partial charge in [-0.05, 0) is 38.2 Å². The van der Waals surface area contributed by atoms with Crippen molar-refractivity contribution in [2.45, 2.75) is 6.42 Å². The molecule has 1 amide bonds. The Morgan fingerprint density at radius 1 is 1.16 bits per heavy atom. The number of nitrogens with one attached hydrogen (secondary N) is 2. The summed E-state index contributed by atoms with van der Waals surface area (Å²) in [4.78, 5) is 22.3. The summed E-state index contributed by atoms with van der Waals surface area (Å²) in [5.41, 5.74) is 1.30. The first-order valence-corrected chi connectivity index (χ1v) is 8.64. The molecule has 0 radical (unpaired) electrons. The van der Waals surface area contributed by atoms with Gasteiger partial charge in [-0.15, -0.1) is 0 Å². The molecule has 0 aliphatic carbocycles. The van der Waals surface area contributed by atoms with Gasteiger partial charge in [0.15, 0.2) is 0 Å². The highest BCUT2D eigenvalue weighted by atomic mass is 35.5. The predicted molar refractivity (Wildman–Crippen MR) is 102 cm³/mol. The second-order valence-corrected chi connectivity index (χ2v) is 6.60. The monoisotopic (exact) mass is 381 g/mol. The van der Waals surface area contributed by atoms with E-state index in [1.54, 1.807) is 12.3 Å². The summed E-state index contributed by atoms with van der Waals surface area (Å²) in [5, 5.41) is 7.21. The van der Waals surface area contributed by atoms with Crippen molar-refractivity contribution in [3.05, 3.63) is 51.9 Å². The number of benzene rings is 1. The maximum atomic E-state index is 11.9. The largest absolute Gasteiger partial charge is 0.368 e. The van der Waals surface area contributed by atoms with Gasteiger partial charge in [-0.25, -0.2) is 9.97 Å². The topological polar surface area (TPSA) is 70.2 Å². The van der Waals surface area contributed by atoms with Gasteiger partial charge in [0.05, 0.1) is 12.4 Å². The lowest BCUT2D eigenvalue weighted by molar-refractivity contribution is 0.0945. The minimum Gasteiger partial charge on any atom is -0.368 e. The molecule has 2 N–H and O–H groups in total. The van der Waals surface area contributed by atoms with Crippen molar-refractivity contribution in [2.24, 2.45) is 0 Å². The molecule has 0 unspecified atom stereocenters. The number of aromatic nitrogens is 2. The van der Waals surface area contributed by atoms with E-state index in [2.05, 4.69) is 20.6 Å². The molecule has 0 saturated heterocycles. The summed E-state index contributed by atoms with van der Waals surface area (Å²) in [6.45, 7) is 1.98. The number of hydrogen-bond acceptors (Lipinski definition) is 5. The van der Waals surface area contributed by atoms with Gasteiger partial charge in [0.25, 0.3) is 5.91 Å². The normalized spacial score (nSPS) is 10.8. The molecule has 0 fully saturated rings. The SMILES string of the molecule is CN(C)CCNC(=O)c1cnc(NCCc2ccc(Cl)cc2Cl)cn1. The molecule has 2 aromatic rings. The number of nitrogens with zero attached hydrogens (tertiary/aromatic N) is 3. The van der Waals surface area contributed by atoms with Crippen LogP contribution in [0, 0.1) is 0 Å². The maximum Gasteiger partial charge on any atom is 0.271 e. The van der Waals surface area contributed by atoms with Gasteiger partial charge in [-0.2, -0.15) is 0 Å². The number of likely N-dealkylation sites (N-methyl/N-ethyl adjacent to an activating group) is 1. The summed E-state index contributed by atoms with van der Waals surface area (Å²) < 4.78 is 0. The van der Waals surface area contributed by atoms with Crippen LogP contribution in [0.5, 0.6) is 0 Å². The van der Waals surface area contributed by atoms with Gasteiger partial charge < -0.3 is 15.5 Å². The number of halogens is 2. The Bertz CT molecular complexity index is 707. The maximum absolute atomic E-state index is 11.9. The Labute approximate surface area is 157 Å². The molecule has 134 valence electrons. The lowest BCUT2D eigenvalue weighted by Crippen LogP contribution is -2.31. The highest BCUT2D eigenvalue weighted by Crippen LogP contribution is 2.21. The van der Waals surface area contributed by atoms with Crippen LogP contribution in [0.1, 0.15) is 16.1 Å². The van der Waals surface area contributed by atoms with E-state index in [1.807, 2.05) is 31.1 Å². The fourth-order valence-electron chi connectivity index (χ4n) is 2.07. The Morgan fingerprint density at radius 2 is 1.96 bits per heavy atom. The quantitative estimate of drug-likeness (QED) is 0.735. The smallest absolute Gasteiger partial charge is 0.271 e. The molecule has 0 aliphatic rings. The highest BCUT2D eigenvalue weighted by molar-refractivity contribution is 6.35. The Hall–Kier alpha value is -1.89. The van der Waals surface area contributed by atoms with Crippen LogP contribution in [0.2, 0.25) is 10.0 Å². The average molecular weight is 382 g/mol. The first-order valence-electron chi connectivity index (χ1n) is 7.88. The first-order chi connectivity index (χ1) is 12.0. The third-order valence-electron chi connectivity index (χ3n) is 3.44. The number of amides is 1. The van der Waals surface area contributed by atoms with Crippen molar-refractivity contribution in [2.75, 3.05) is 39.0 Å². The van der Waals surface area contributed by atoms with E-state index in [1.165, 1.54) is 6.20 Å². The standard InChI is InChI=1S/C17H21Cl2N5O/c1-24(2)8-7-21-17(25)15-10-23-16(11-22-15)20-6-5-12-3-4-13(18)9-14(12)19/h3-4,9-11H,5-8H2,1-2H3,(H,20,23)(H,21,25).